The van der Waals surface area contributed by atoms with Gasteiger partial charge in [-0.1, -0.05) is 12.8 Å². The van der Waals surface area contributed by atoms with E-state index in [1.807, 2.05) is 0 Å². The van der Waals surface area contributed by atoms with Gasteiger partial charge in [-0.05, 0) is 55.9 Å². The first-order valence-corrected chi connectivity index (χ1v) is 8.31. The maximum Gasteiger partial charge on any atom is 0.270 e. The summed E-state index contributed by atoms with van der Waals surface area (Å²) in [5, 5.41) is 0.764. The van der Waals surface area contributed by atoms with Gasteiger partial charge in [0.1, 0.15) is 11.5 Å². The predicted molar refractivity (Wildman–Crippen MR) is 84.3 cm³/mol. The summed E-state index contributed by atoms with van der Waals surface area (Å²) in [5.74, 6) is 0.481. The Balaban J connectivity index is 1.61. The van der Waals surface area contributed by atoms with Crippen LogP contribution in [0.4, 0.5) is 4.39 Å². The fraction of sp³-hybridized carbons (Fsp3) is 0.500. The minimum Gasteiger partial charge on any atom is -0.351 e. The number of likely N-dealkylation sites (tertiary alicyclic amines) is 1. The van der Waals surface area contributed by atoms with Gasteiger partial charge in [-0.15, -0.1) is 0 Å². The van der Waals surface area contributed by atoms with Crippen LogP contribution < -0.4 is 0 Å². The van der Waals surface area contributed by atoms with Gasteiger partial charge in [-0.25, -0.2) is 4.39 Å². The summed E-state index contributed by atoms with van der Waals surface area (Å²) in [6, 6.07) is 6.77. The monoisotopic (exact) mass is 300 g/mol. The molecule has 2 aromatic rings. The van der Waals surface area contributed by atoms with Gasteiger partial charge < -0.3 is 9.88 Å². The number of carbonyl (C=O) groups is 1. The first-order valence-electron chi connectivity index (χ1n) is 8.31. The van der Waals surface area contributed by atoms with Crippen LogP contribution >= 0.6 is 0 Å². The lowest BCUT2D eigenvalue weighted by Crippen LogP contribution is -2.39. The van der Waals surface area contributed by atoms with E-state index in [2.05, 4.69) is 9.88 Å². The second-order valence-electron chi connectivity index (χ2n) is 6.67. The van der Waals surface area contributed by atoms with Crippen LogP contribution in [0.1, 0.15) is 49.0 Å². The normalized spacial score (nSPS) is 22.8. The maximum atomic E-state index is 13.3. The molecular formula is C18H21FN2O. The zero-order valence-corrected chi connectivity index (χ0v) is 12.6. The largest absolute Gasteiger partial charge is 0.351 e. The van der Waals surface area contributed by atoms with Crippen molar-refractivity contribution in [3.8, 4) is 0 Å². The molecule has 1 saturated carbocycles. The summed E-state index contributed by atoms with van der Waals surface area (Å²) in [5.41, 5.74) is 1.41. The third-order valence-corrected chi connectivity index (χ3v) is 5.32. The second-order valence-corrected chi connectivity index (χ2v) is 6.67. The van der Waals surface area contributed by atoms with Gasteiger partial charge in [-0.3, -0.25) is 4.79 Å². The van der Waals surface area contributed by atoms with Crippen molar-refractivity contribution in [1.29, 1.82) is 0 Å². The van der Waals surface area contributed by atoms with E-state index in [-0.39, 0.29) is 11.7 Å². The van der Waals surface area contributed by atoms with Crippen LogP contribution in [-0.2, 0) is 0 Å². The fourth-order valence-electron chi connectivity index (χ4n) is 4.25. The van der Waals surface area contributed by atoms with Crippen molar-refractivity contribution in [3.63, 3.8) is 0 Å². The number of nitrogens with zero attached hydrogens (tertiary/aromatic N) is 1. The van der Waals surface area contributed by atoms with E-state index in [1.165, 1.54) is 37.8 Å². The van der Waals surface area contributed by atoms with E-state index >= 15 is 0 Å². The number of amides is 1. The smallest absolute Gasteiger partial charge is 0.270 e. The van der Waals surface area contributed by atoms with Crippen LogP contribution in [0.15, 0.2) is 24.3 Å². The second kappa shape index (κ2) is 5.41. The average molecular weight is 300 g/mol. The number of rotatable bonds is 2. The van der Waals surface area contributed by atoms with E-state index in [0.717, 1.165) is 30.3 Å². The lowest BCUT2D eigenvalue weighted by atomic mass is 9.96. The van der Waals surface area contributed by atoms with Gasteiger partial charge in [0.05, 0.1) is 0 Å². The van der Waals surface area contributed by atoms with Crippen molar-refractivity contribution < 1.29 is 9.18 Å². The Morgan fingerprint density at radius 3 is 2.77 bits per heavy atom. The molecule has 2 heterocycles. The van der Waals surface area contributed by atoms with Gasteiger partial charge in [-0.2, -0.15) is 0 Å². The molecule has 1 aliphatic carbocycles. The Bertz CT molecular complexity index is 702. The molecule has 4 rings (SSSR count). The van der Waals surface area contributed by atoms with Gasteiger partial charge >= 0.3 is 0 Å². The number of carbonyl (C=O) groups excluding carboxylic acids is 1. The van der Waals surface area contributed by atoms with Gasteiger partial charge in [0.2, 0.25) is 0 Å². The third kappa shape index (κ3) is 2.31. The van der Waals surface area contributed by atoms with E-state index < -0.39 is 0 Å². The molecule has 1 unspecified atom stereocenters. The minimum absolute atomic E-state index is 0.0750. The lowest BCUT2D eigenvalue weighted by molar-refractivity contribution is 0.0684. The molecule has 1 N–H and O–H groups in total. The number of aromatic nitrogens is 1. The highest BCUT2D eigenvalue weighted by Gasteiger charge is 2.36. The van der Waals surface area contributed by atoms with Gasteiger partial charge in [0.15, 0.2) is 0 Å². The van der Waals surface area contributed by atoms with Crippen molar-refractivity contribution in [2.45, 2.75) is 44.6 Å². The Morgan fingerprint density at radius 2 is 1.95 bits per heavy atom. The van der Waals surface area contributed by atoms with E-state index in [0.29, 0.717) is 17.7 Å². The molecule has 0 bridgehead atoms. The Kier molecular flexibility index (Phi) is 3.40. The molecule has 3 nitrogen and oxygen atoms in total. The van der Waals surface area contributed by atoms with Crippen LogP contribution in [0.25, 0.3) is 10.9 Å². The summed E-state index contributed by atoms with van der Waals surface area (Å²) in [6.07, 6.45) is 7.34. The highest BCUT2D eigenvalue weighted by molar-refractivity contribution is 5.98. The minimum atomic E-state index is -0.268. The highest BCUT2D eigenvalue weighted by Crippen LogP contribution is 2.36. The summed E-state index contributed by atoms with van der Waals surface area (Å²) in [4.78, 5) is 18.1. The molecule has 1 saturated heterocycles. The Hall–Kier alpha value is -1.84. The predicted octanol–water partition coefficient (Wildman–Crippen LogP) is 4.10. The summed E-state index contributed by atoms with van der Waals surface area (Å²) < 4.78 is 13.3. The summed E-state index contributed by atoms with van der Waals surface area (Å²) in [6.45, 7) is 0.851. The molecule has 4 heteroatoms. The van der Waals surface area contributed by atoms with Crippen molar-refractivity contribution >= 4 is 16.8 Å². The number of halogens is 1. The Labute approximate surface area is 129 Å². The number of fused-ring (bicyclic) bond motifs is 1. The molecule has 116 valence electrons. The zero-order chi connectivity index (χ0) is 15.1. The summed E-state index contributed by atoms with van der Waals surface area (Å²) >= 11 is 0. The SMILES string of the molecule is O=C(c1cc2cc(F)ccc2[nH]1)N1CCCC1C1CCCC1. The quantitative estimate of drug-likeness (QED) is 0.890. The highest BCUT2D eigenvalue weighted by atomic mass is 19.1. The van der Waals surface area contributed by atoms with E-state index in [1.54, 1.807) is 12.1 Å². The molecule has 2 aliphatic rings. The molecule has 1 atom stereocenters. The molecule has 1 aliphatic heterocycles. The van der Waals surface area contributed by atoms with Crippen molar-refractivity contribution in [3.05, 3.63) is 35.8 Å². The maximum absolute atomic E-state index is 13.3. The lowest BCUT2D eigenvalue weighted by Gasteiger charge is -2.29. The number of nitrogens with one attached hydrogen (secondary N) is 1. The number of hydrogen-bond acceptors (Lipinski definition) is 1. The van der Waals surface area contributed by atoms with Crippen molar-refractivity contribution in [1.82, 2.24) is 9.88 Å². The average Bonchev–Trinajstić information content (AvgIpc) is 3.24. The van der Waals surface area contributed by atoms with Crippen LogP contribution in [0.3, 0.4) is 0 Å². The Morgan fingerprint density at radius 1 is 1.14 bits per heavy atom. The van der Waals surface area contributed by atoms with Crippen LogP contribution in [0.5, 0.6) is 0 Å². The van der Waals surface area contributed by atoms with Gasteiger partial charge in [0.25, 0.3) is 5.91 Å². The number of benzene rings is 1. The third-order valence-electron chi connectivity index (χ3n) is 5.32. The fourth-order valence-corrected chi connectivity index (χ4v) is 4.25. The molecule has 0 radical (unpaired) electrons. The number of H-pyrrole nitrogens is 1. The number of hydrogen-bond donors (Lipinski definition) is 1. The van der Waals surface area contributed by atoms with E-state index in [9.17, 15) is 9.18 Å². The molecule has 1 amide bonds. The molecule has 0 spiro atoms. The number of aromatic amines is 1. The molecule has 22 heavy (non-hydrogen) atoms. The molecule has 1 aromatic heterocycles. The van der Waals surface area contributed by atoms with Crippen LogP contribution in [0, 0.1) is 11.7 Å². The van der Waals surface area contributed by atoms with Crippen LogP contribution in [0.2, 0.25) is 0 Å². The standard InChI is InChI=1S/C18H21FN2O/c19-14-7-8-15-13(10-14)11-16(20-15)18(22)21-9-3-6-17(21)12-4-1-2-5-12/h7-8,10-12,17,20H,1-6,9H2. The van der Waals surface area contributed by atoms with Gasteiger partial charge in [0, 0.05) is 23.5 Å². The zero-order valence-electron chi connectivity index (χ0n) is 12.6. The van der Waals surface area contributed by atoms with Crippen molar-refractivity contribution in [2.75, 3.05) is 6.54 Å². The summed E-state index contributed by atoms with van der Waals surface area (Å²) in [7, 11) is 0. The van der Waals surface area contributed by atoms with Crippen LogP contribution in [-0.4, -0.2) is 28.4 Å². The molecule has 1 aromatic carbocycles. The first-order chi connectivity index (χ1) is 10.7. The van der Waals surface area contributed by atoms with E-state index in [4.69, 9.17) is 0 Å². The topological polar surface area (TPSA) is 36.1 Å². The van der Waals surface area contributed by atoms with Crippen molar-refractivity contribution in [2.24, 2.45) is 5.92 Å². The molecule has 2 fully saturated rings. The first kappa shape index (κ1) is 13.8. The molecular weight excluding hydrogens is 279 g/mol.